The van der Waals surface area contributed by atoms with Crippen molar-refractivity contribution >= 4 is 81.7 Å². The maximum Gasteiger partial charge on any atom is 0.263 e. The van der Waals surface area contributed by atoms with Gasteiger partial charge in [0.25, 0.3) is 5.56 Å². The first kappa shape index (κ1) is 30.2. The van der Waals surface area contributed by atoms with E-state index in [4.69, 9.17) is 4.42 Å². The first-order valence-corrected chi connectivity index (χ1v) is 19.3. The number of para-hydroxylation sites is 2. The lowest BCUT2D eigenvalue weighted by atomic mass is 9.82. The lowest BCUT2D eigenvalue weighted by molar-refractivity contribution is 0.661. The third-order valence-electron chi connectivity index (χ3n) is 12.9. The molecule has 8 aromatic carbocycles. The molecule has 0 saturated carbocycles. The van der Waals surface area contributed by atoms with Crippen molar-refractivity contribution in [1.82, 2.24) is 8.97 Å². The average Bonchev–Trinajstić information content (AvgIpc) is 3.95. The van der Waals surface area contributed by atoms with Crippen molar-refractivity contribution in [3.8, 4) is 27.9 Å². The second kappa shape index (κ2) is 10.3. The van der Waals surface area contributed by atoms with Crippen LogP contribution >= 0.6 is 0 Å². The summed E-state index contributed by atoms with van der Waals surface area (Å²) in [6, 6.07) is 56.2. The lowest BCUT2D eigenvalue weighted by Crippen LogP contribution is -2.14. The molecule has 1 aliphatic rings. The molecule has 4 heterocycles. The first-order valence-electron chi connectivity index (χ1n) is 19.3. The SMILES string of the molecule is CC1(C)c2ccccc2-c2c1ccc1c2c2ccccc2n1-c1ccc2oc3cccc(-c4ccc5c(c4)c4cccc6c7ccccc7c(=O)n5c64)c3c2c1. The predicted molar refractivity (Wildman–Crippen MR) is 232 cm³/mol. The highest BCUT2D eigenvalue weighted by molar-refractivity contribution is 6.22. The van der Waals surface area contributed by atoms with Crippen LogP contribution < -0.4 is 5.56 Å². The number of furan rings is 1. The normalized spacial score (nSPS) is 13.8. The molecule has 0 amide bonds. The summed E-state index contributed by atoms with van der Waals surface area (Å²) in [5, 5.41) is 9.67. The molecular formula is C52H32N2O2. The number of aromatic nitrogens is 2. The molecule has 4 heteroatoms. The van der Waals surface area contributed by atoms with Crippen LogP contribution in [-0.4, -0.2) is 8.97 Å². The Hall–Kier alpha value is -7.17. The highest BCUT2D eigenvalue weighted by Gasteiger charge is 2.37. The molecule has 0 aliphatic heterocycles. The van der Waals surface area contributed by atoms with Crippen molar-refractivity contribution in [1.29, 1.82) is 0 Å². The molecule has 0 atom stereocenters. The molecular weight excluding hydrogens is 685 g/mol. The number of rotatable bonds is 2. The van der Waals surface area contributed by atoms with E-state index in [0.29, 0.717) is 0 Å². The molecule has 12 aromatic rings. The van der Waals surface area contributed by atoms with E-state index in [1.807, 2.05) is 22.6 Å². The predicted octanol–water partition coefficient (Wildman–Crippen LogP) is 13.2. The molecule has 56 heavy (non-hydrogen) atoms. The maximum absolute atomic E-state index is 14.0. The molecule has 262 valence electrons. The Balaban J connectivity index is 1.06. The second-order valence-corrected chi connectivity index (χ2v) is 16.0. The standard InChI is InChI=1S/C52H32N2O2/c1-52(2)40-18-7-5-13-36(40)48-41(52)23-25-44-49(48)37-14-6-8-19-42(37)53(44)30-22-26-45-39(28-30)47-31(15-10-20-46(47)56-45)29-21-24-43-38(27-29)34-17-9-16-33-32-11-3-4-12-35(32)51(55)54(43)50(33)34/h3-28H,1-2H3. The van der Waals surface area contributed by atoms with Crippen LogP contribution in [0, 0.1) is 0 Å². The van der Waals surface area contributed by atoms with Crippen molar-refractivity contribution in [2.24, 2.45) is 0 Å². The van der Waals surface area contributed by atoms with Crippen molar-refractivity contribution in [3.05, 3.63) is 179 Å². The van der Waals surface area contributed by atoms with E-state index in [1.165, 1.54) is 44.1 Å². The number of benzene rings is 8. The molecule has 13 rings (SSSR count). The monoisotopic (exact) mass is 716 g/mol. The summed E-state index contributed by atoms with van der Waals surface area (Å²) in [4.78, 5) is 14.0. The van der Waals surface area contributed by atoms with E-state index in [1.54, 1.807) is 0 Å². The van der Waals surface area contributed by atoms with Crippen molar-refractivity contribution in [2.45, 2.75) is 19.3 Å². The highest BCUT2D eigenvalue weighted by atomic mass is 16.3. The fourth-order valence-electron chi connectivity index (χ4n) is 10.4. The number of hydrogen-bond donors (Lipinski definition) is 0. The number of fused-ring (bicyclic) bond motifs is 15. The molecule has 0 fully saturated rings. The van der Waals surface area contributed by atoms with Crippen molar-refractivity contribution in [2.75, 3.05) is 0 Å². The van der Waals surface area contributed by atoms with Crippen LogP contribution in [0.15, 0.2) is 167 Å². The Bertz CT molecular complexity index is 3760. The molecule has 0 N–H and O–H groups in total. The zero-order chi connectivity index (χ0) is 37.0. The average molecular weight is 717 g/mol. The zero-order valence-corrected chi connectivity index (χ0v) is 30.7. The third-order valence-corrected chi connectivity index (χ3v) is 12.9. The summed E-state index contributed by atoms with van der Waals surface area (Å²) in [5.41, 5.74) is 14.6. The summed E-state index contributed by atoms with van der Waals surface area (Å²) in [6.07, 6.45) is 0. The molecule has 0 unspecified atom stereocenters. The Kier molecular flexibility index (Phi) is 5.56. The summed E-state index contributed by atoms with van der Waals surface area (Å²) in [6.45, 7) is 4.69. The van der Waals surface area contributed by atoms with Crippen LogP contribution in [0.1, 0.15) is 25.0 Å². The van der Waals surface area contributed by atoms with Gasteiger partial charge in [-0.05, 0) is 93.4 Å². The minimum absolute atomic E-state index is 0.0189. The van der Waals surface area contributed by atoms with E-state index in [-0.39, 0.29) is 11.0 Å². The number of pyridine rings is 1. The van der Waals surface area contributed by atoms with E-state index in [0.717, 1.165) is 76.7 Å². The molecule has 1 aliphatic carbocycles. The van der Waals surface area contributed by atoms with Gasteiger partial charge in [-0.2, -0.15) is 0 Å². The summed E-state index contributed by atoms with van der Waals surface area (Å²) in [5.74, 6) is 0. The van der Waals surface area contributed by atoms with Crippen LogP contribution in [0.3, 0.4) is 0 Å². The van der Waals surface area contributed by atoms with Gasteiger partial charge in [0.2, 0.25) is 0 Å². The Morgan fingerprint density at radius 3 is 2.09 bits per heavy atom. The van der Waals surface area contributed by atoms with E-state index < -0.39 is 0 Å². The van der Waals surface area contributed by atoms with Crippen molar-refractivity contribution < 1.29 is 4.42 Å². The maximum atomic E-state index is 14.0. The topological polar surface area (TPSA) is 39.5 Å². The Labute approximate surface area is 320 Å². The fourth-order valence-corrected chi connectivity index (χ4v) is 10.4. The minimum atomic E-state index is -0.0781. The van der Waals surface area contributed by atoms with Crippen LogP contribution in [0.5, 0.6) is 0 Å². The first-order chi connectivity index (χ1) is 27.5. The quantitative estimate of drug-likeness (QED) is 0.167. The summed E-state index contributed by atoms with van der Waals surface area (Å²) >= 11 is 0. The molecule has 4 aromatic heterocycles. The van der Waals surface area contributed by atoms with E-state index in [9.17, 15) is 4.79 Å². The van der Waals surface area contributed by atoms with Gasteiger partial charge in [0, 0.05) is 54.2 Å². The van der Waals surface area contributed by atoms with Gasteiger partial charge in [0.1, 0.15) is 11.2 Å². The lowest BCUT2D eigenvalue weighted by Gasteiger charge is -2.21. The number of hydrogen-bond acceptors (Lipinski definition) is 2. The van der Waals surface area contributed by atoms with E-state index in [2.05, 4.69) is 158 Å². The van der Waals surface area contributed by atoms with Crippen LogP contribution in [0.2, 0.25) is 0 Å². The third kappa shape index (κ3) is 3.62. The molecule has 4 nitrogen and oxygen atoms in total. The Morgan fingerprint density at radius 2 is 1.20 bits per heavy atom. The van der Waals surface area contributed by atoms with Gasteiger partial charge in [-0.15, -0.1) is 0 Å². The van der Waals surface area contributed by atoms with Crippen LogP contribution in [-0.2, 0) is 5.41 Å². The van der Waals surface area contributed by atoms with Gasteiger partial charge in [-0.3, -0.25) is 9.20 Å². The van der Waals surface area contributed by atoms with Gasteiger partial charge in [0.05, 0.1) is 22.1 Å². The van der Waals surface area contributed by atoms with Crippen LogP contribution in [0.4, 0.5) is 0 Å². The largest absolute Gasteiger partial charge is 0.456 e. The second-order valence-electron chi connectivity index (χ2n) is 16.0. The molecule has 0 bridgehead atoms. The van der Waals surface area contributed by atoms with E-state index >= 15 is 0 Å². The van der Waals surface area contributed by atoms with Crippen LogP contribution in [0.25, 0.3) is 110 Å². The fraction of sp³-hybridized carbons (Fsp3) is 0.0577. The smallest absolute Gasteiger partial charge is 0.263 e. The van der Waals surface area contributed by atoms with Crippen molar-refractivity contribution in [3.63, 3.8) is 0 Å². The minimum Gasteiger partial charge on any atom is -0.456 e. The van der Waals surface area contributed by atoms with Gasteiger partial charge >= 0.3 is 0 Å². The summed E-state index contributed by atoms with van der Waals surface area (Å²) in [7, 11) is 0. The number of nitrogens with zero attached hydrogens (tertiary/aromatic N) is 2. The Morgan fingerprint density at radius 1 is 0.482 bits per heavy atom. The highest BCUT2D eigenvalue weighted by Crippen LogP contribution is 2.53. The van der Waals surface area contributed by atoms with Gasteiger partial charge in [0.15, 0.2) is 0 Å². The molecule has 0 spiro atoms. The molecule has 0 radical (unpaired) electrons. The summed E-state index contributed by atoms with van der Waals surface area (Å²) < 4.78 is 10.9. The van der Waals surface area contributed by atoms with Gasteiger partial charge in [-0.25, -0.2) is 0 Å². The zero-order valence-electron chi connectivity index (χ0n) is 30.7. The van der Waals surface area contributed by atoms with Gasteiger partial charge < -0.3 is 8.98 Å². The van der Waals surface area contributed by atoms with Gasteiger partial charge in [-0.1, -0.05) is 117 Å². The molecule has 0 saturated heterocycles.